The minimum absolute atomic E-state index is 0.0123. The van der Waals surface area contributed by atoms with Crippen LogP contribution in [-0.2, 0) is 6.18 Å². The van der Waals surface area contributed by atoms with Crippen LogP contribution >= 0.6 is 11.3 Å². The van der Waals surface area contributed by atoms with E-state index < -0.39 is 11.7 Å². The molecule has 9 heteroatoms. The van der Waals surface area contributed by atoms with Crippen molar-refractivity contribution in [3.8, 4) is 11.3 Å². The minimum atomic E-state index is -4.41. The van der Waals surface area contributed by atoms with Crippen molar-refractivity contribution in [3.05, 3.63) is 64.5 Å². The number of rotatable bonds is 3. The molecule has 1 aliphatic heterocycles. The van der Waals surface area contributed by atoms with Crippen LogP contribution in [-0.4, -0.2) is 47.0 Å². The fourth-order valence-electron chi connectivity index (χ4n) is 3.18. The molecule has 0 unspecified atom stereocenters. The van der Waals surface area contributed by atoms with E-state index in [-0.39, 0.29) is 5.91 Å². The van der Waals surface area contributed by atoms with Crippen molar-refractivity contribution >= 4 is 23.2 Å². The summed E-state index contributed by atoms with van der Waals surface area (Å²) in [4.78, 5) is 25.6. The highest BCUT2D eigenvalue weighted by molar-refractivity contribution is 7.12. The predicted octanol–water partition coefficient (Wildman–Crippen LogP) is 4.19. The van der Waals surface area contributed by atoms with E-state index in [2.05, 4.69) is 9.97 Å². The van der Waals surface area contributed by atoms with Crippen LogP contribution < -0.4 is 4.90 Å². The maximum absolute atomic E-state index is 13.0. The van der Waals surface area contributed by atoms with Crippen molar-refractivity contribution < 1.29 is 18.0 Å². The van der Waals surface area contributed by atoms with Gasteiger partial charge in [-0.1, -0.05) is 18.2 Å². The summed E-state index contributed by atoms with van der Waals surface area (Å²) < 4.78 is 39.0. The second-order valence-corrected chi connectivity index (χ2v) is 7.52. The van der Waals surface area contributed by atoms with Crippen molar-refractivity contribution in [1.82, 2.24) is 14.9 Å². The lowest BCUT2D eigenvalue weighted by atomic mass is 10.1. The molecular formula is C20H17F3N4OS. The van der Waals surface area contributed by atoms with Gasteiger partial charge in [0.2, 0.25) is 5.95 Å². The first-order valence-electron chi connectivity index (χ1n) is 9.00. The van der Waals surface area contributed by atoms with Crippen LogP contribution in [0.1, 0.15) is 15.2 Å². The molecule has 1 aliphatic rings. The Hall–Kier alpha value is -2.94. The van der Waals surface area contributed by atoms with Gasteiger partial charge in [-0.2, -0.15) is 13.2 Å². The second kappa shape index (κ2) is 7.82. The molecular weight excluding hydrogens is 401 g/mol. The largest absolute Gasteiger partial charge is 0.416 e. The normalized spacial score (nSPS) is 14.9. The fraction of sp³-hybridized carbons (Fsp3) is 0.250. The van der Waals surface area contributed by atoms with Crippen LogP contribution in [0, 0.1) is 0 Å². The molecule has 1 amide bonds. The van der Waals surface area contributed by atoms with E-state index in [9.17, 15) is 18.0 Å². The molecule has 29 heavy (non-hydrogen) atoms. The zero-order valence-corrected chi connectivity index (χ0v) is 16.1. The van der Waals surface area contributed by atoms with Crippen LogP contribution in [0.2, 0.25) is 0 Å². The van der Waals surface area contributed by atoms with E-state index in [1.165, 1.54) is 17.4 Å². The number of thiophene rings is 1. The lowest BCUT2D eigenvalue weighted by molar-refractivity contribution is -0.137. The molecule has 0 saturated carbocycles. The van der Waals surface area contributed by atoms with Crippen molar-refractivity contribution in [2.45, 2.75) is 6.18 Å². The number of alkyl halides is 3. The van der Waals surface area contributed by atoms with E-state index in [0.717, 1.165) is 12.1 Å². The van der Waals surface area contributed by atoms with Gasteiger partial charge >= 0.3 is 6.18 Å². The Morgan fingerprint density at radius 3 is 2.52 bits per heavy atom. The molecule has 1 fully saturated rings. The zero-order chi connectivity index (χ0) is 20.4. The lowest BCUT2D eigenvalue weighted by Gasteiger charge is -2.34. The molecule has 0 radical (unpaired) electrons. The third-order valence-corrected chi connectivity index (χ3v) is 5.57. The van der Waals surface area contributed by atoms with Crippen LogP contribution in [0.15, 0.2) is 54.0 Å². The summed E-state index contributed by atoms with van der Waals surface area (Å²) in [7, 11) is 0. The summed E-state index contributed by atoms with van der Waals surface area (Å²) in [5.41, 5.74) is 0.101. The van der Waals surface area contributed by atoms with Gasteiger partial charge in [0.15, 0.2) is 0 Å². The average Bonchev–Trinajstić information content (AvgIpc) is 3.28. The number of nitrogens with zero attached hydrogens (tertiary/aromatic N) is 4. The van der Waals surface area contributed by atoms with E-state index in [1.54, 1.807) is 29.3 Å². The maximum atomic E-state index is 13.0. The molecule has 5 nitrogen and oxygen atoms in total. The number of anilines is 1. The quantitative estimate of drug-likeness (QED) is 0.640. The molecule has 0 aliphatic carbocycles. The molecule has 1 aromatic carbocycles. The smallest absolute Gasteiger partial charge is 0.337 e. The Bertz CT molecular complexity index is 999. The number of hydrogen-bond acceptors (Lipinski definition) is 5. The van der Waals surface area contributed by atoms with E-state index in [0.29, 0.717) is 48.3 Å². The molecule has 0 atom stereocenters. The standard InChI is InChI=1S/C20H17F3N4OS/c21-20(22,23)15-4-1-3-14(13-15)16-6-7-24-19(25-16)27-10-8-26(9-11-27)18(28)17-5-2-12-29-17/h1-7,12-13H,8-11H2. The van der Waals surface area contributed by atoms with Gasteiger partial charge in [-0.25, -0.2) is 9.97 Å². The van der Waals surface area contributed by atoms with Gasteiger partial charge in [0, 0.05) is 37.9 Å². The molecule has 150 valence electrons. The first-order chi connectivity index (χ1) is 13.9. The van der Waals surface area contributed by atoms with E-state index in [1.807, 2.05) is 16.3 Å². The molecule has 3 heterocycles. The van der Waals surface area contributed by atoms with Crippen LogP contribution in [0.25, 0.3) is 11.3 Å². The van der Waals surface area contributed by atoms with Crippen LogP contribution in [0.4, 0.5) is 19.1 Å². The van der Waals surface area contributed by atoms with Gasteiger partial charge in [-0.15, -0.1) is 11.3 Å². The number of aromatic nitrogens is 2. The molecule has 2 aromatic heterocycles. The molecule has 4 rings (SSSR count). The molecule has 0 N–H and O–H groups in total. The number of carbonyl (C=O) groups is 1. The van der Waals surface area contributed by atoms with Crippen LogP contribution in [0.3, 0.4) is 0 Å². The topological polar surface area (TPSA) is 49.3 Å². The number of amides is 1. The molecule has 0 bridgehead atoms. The van der Waals surface area contributed by atoms with Gasteiger partial charge in [-0.3, -0.25) is 4.79 Å². The van der Waals surface area contributed by atoms with E-state index >= 15 is 0 Å². The Morgan fingerprint density at radius 2 is 1.83 bits per heavy atom. The summed E-state index contributed by atoms with van der Waals surface area (Å²) in [6, 6.07) is 10.3. The molecule has 3 aromatic rings. The summed E-state index contributed by atoms with van der Waals surface area (Å²) in [5.74, 6) is 0.460. The van der Waals surface area contributed by atoms with Crippen LogP contribution in [0.5, 0.6) is 0 Å². The predicted molar refractivity (Wildman–Crippen MR) is 105 cm³/mol. The van der Waals surface area contributed by atoms with E-state index in [4.69, 9.17) is 0 Å². The SMILES string of the molecule is O=C(c1cccs1)N1CCN(c2nccc(-c3cccc(C(F)(F)F)c3)n2)CC1. The monoisotopic (exact) mass is 418 g/mol. The Balaban J connectivity index is 1.48. The number of piperazine rings is 1. The number of halogens is 3. The van der Waals surface area contributed by atoms with Gasteiger partial charge in [0.25, 0.3) is 5.91 Å². The van der Waals surface area contributed by atoms with Crippen molar-refractivity contribution in [1.29, 1.82) is 0 Å². The number of carbonyl (C=O) groups excluding carboxylic acids is 1. The Morgan fingerprint density at radius 1 is 1.03 bits per heavy atom. The molecule has 1 saturated heterocycles. The number of hydrogen-bond donors (Lipinski definition) is 0. The molecule has 0 spiro atoms. The first-order valence-corrected chi connectivity index (χ1v) is 9.88. The average molecular weight is 418 g/mol. The highest BCUT2D eigenvalue weighted by atomic mass is 32.1. The summed E-state index contributed by atoms with van der Waals surface area (Å²) in [6.07, 6.45) is -2.86. The maximum Gasteiger partial charge on any atom is 0.416 e. The van der Waals surface area contributed by atoms with Gasteiger partial charge in [0.1, 0.15) is 0 Å². The van der Waals surface area contributed by atoms with Gasteiger partial charge in [-0.05, 0) is 29.6 Å². The number of benzene rings is 1. The highest BCUT2D eigenvalue weighted by Crippen LogP contribution is 2.32. The van der Waals surface area contributed by atoms with Crippen molar-refractivity contribution in [3.63, 3.8) is 0 Å². The fourth-order valence-corrected chi connectivity index (χ4v) is 3.87. The summed E-state index contributed by atoms with van der Waals surface area (Å²) in [5, 5.41) is 1.87. The van der Waals surface area contributed by atoms with Crippen molar-refractivity contribution in [2.75, 3.05) is 31.1 Å². The third kappa shape index (κ3) is 4.24. The summed E-state index contributed by atoms with van der Waals surface area (Å²) in [6.45, 7) is 2.19. The second-order valence-electron chi connectivity index (χ2n) is 6.58. The highest BCUT2D eigenvalue weighted by Gasteiger charge is 2.30. The Kier molecular flexibility index (Phi) is 5.23. The van der Waals surface area contributed by atoms with Gasteiger partial charge in [0.05, 0.1) is 16.1 Å². The summed E-state index contributed by atoms with van der Waals surface area (Å²) >= 11 is 1.41. The third-order valence-electron chi connectivity index (χ3n) is 4.71. The first kappa shape index (κ1) is 19.4. The lowest BCUT2D eigenvalue weighted by Crippen LogP contribution is -2.49. The van der Waals surface area contributed by atoms with Crippen molar-refractivity contribution in [2.24, 2.45) is 0 Å². The zero-order valence-electron chi connectivity index (χ0n) is 15.3. The van der Waals surface area contributed by atoms with Gasteiger partial charge < -0.3 is 9.80 Å². The minimum Gasteiger partial charge on any atom is -0.337 e. The Labute approximate surface area is 169 Å².